The third-order valence-corrected chi connectivity index (χ3v) is 11.1. The topological polar surface area (TPSA) is 3.24 Å². The first-order valence-corrected chi connectivity index (χ1v) is 17.5. The average molecular weight is 628 g/mol. The highest BCUT2D eigenvalue weighted by atomic mass is 32.1. The van der Waals surface area contributed by atoms with Gasteiger partial charge in [0.05, 0.1) is 10.4 Å². The fourth-order valence-corrected chi connectivity index (χ4v) is 8.75. The molecule has 0 N–H and O–H groups in total. The number of allylic oxidation sites excluding steroid dienone is 5. The molecule has 2 heterocycles. The van der Waals surface area contributed by atoms with Gasteiger partial charge in [0.2, 0.25) is 0 Å². The second-order valence-electron chi connectivity index (χ2n) is 11.9. The maximum absolute atomic E-state index is 3.85. The van der Waals surface area contributed by atoms with E-state index in [0.717, 1.165) is 12.1 Å². The van der Waals surface area contributed by atoms with Gasteiger partial charge in [-0.25, -0.2) is 0 Å². The Morgan fingerprint density at radius 1 is 0.739 bits per heavy atom. The molecular formula is C43H33NS2. The van der Waals surface area contributed by atoms with Crippen molar-refractivity contribution in [2.24, 2.45) is 5.92 Å². The van der Waals surface area contributed by atoms with Crippen molar-refractivity contribution in [2.45, 2.75) is 13.3 Å². The number of benzene rings is 5. The summed E-state index contributed by atoms with van der Waals surface area (Å²) < 4.78 is 3.98. The van der Waals surface area contributed by atoms with Crippen molar-refractivity contribution in [1.29, 1.82) is 0 Å². The molecule has 0 spiro atoms. The van der Waals surface area contributed by atoms with E-state index in [4.69, 9.17) is 0 Å². The Hall–Kier alpha value is -4.96. The molecule has 0 radical (unpaired) electrons. The van der Waals surface area contributed by atoms with E-state index < -0.39 is 0 Å². The summed E-state index contributed by atoms with van der Waals surface area (Å²) >= 11 is 3.68. The van der Waals surface area contributed by atoms with Gasteiger partial charge in [-0.05, 0) is 75.9 Å². The van der Waals surface area contributed by atoms with Gasteiger partial charge >= 0.3 is 0 Å². The molecular weight excluding hydrogens is 595 g/mol. The first-order chi connectivity index (χ1) is 22.7. The van der Waals surface area contributed by atoms with Gasteiger partial charge in [-0.2, -0.15) is 0 Å². The van der Waals surface area contributed by atoms with E-state index in [-0.39, 0.29) is 0 Å². The van der Waals surface area contributed by atoms with Gasteiger partial charge in [0.15, 0.2) is 0 Å². The standard InChI is InChI=1S/C43H33NS2/c1-3-4-9-33-28-45-43-37(33)12-8-14-40(43)44(34-24-16-29(2)17-25-34)35-26-22-31(23-27-35)30-18-20-32(21-19-30)36-11-7-13-39-38-10-5-6-15-41(38)46-42(36)39/h3-16,18-29H,1,17H2,2H3/b9-4-. The molecule has 222 valence electrons. The summed E-state index contributed by atoms with van der Waals surface area (Å²) in [5, 5.41) is 6.18. The minimum atomic E-state index is 0.551. The van der Waals surface area contributed by atoms with Crippen LogP contribution in [0.1, 0.15) is 18.9 Å². The Kier molecular flexibility index (Phi) is 7.49. The number of hydrogen-bond donors (Lipinski definition) is 0. The van der Waals surface area contributed by atoms with Crippen LogP contribution in [0.25, 0.3) is 58.6 Å². The Morgan fingerprint density at radius 2 is 1.46 bits per heavy atom. The van der Waals surface area contributed by atoms with Crippen LogP contribution in [0.15, 0.2) is 157 Å². The molecule has 1 atom stereocenters. The van der Waals surface area contributed by atoms with E-state index in [0.29, 0.717) is 5.92 Å². The van der Waals surface area contributed by atoms with Crippen LogP contribution < -0.4 is 4.90 Å². The molecule has 5 aromatic carbocycles. The van der Waals surface area contributed by atoms with E-state index >= 15 is 0 Å². The van der Waals surface area contributed by atoms with Crippen molar-refractivity contribution >= 4 is 70.4 Å². The second kappa shape index (κ2) is 12.1. The fraction of sp³-hybridized carbons (Fsp3) is 0.0698. The number of fused-ring (bicyclic) bond motifs is 4. The molecule has 1 unspecified atom stereocenters. The van der Waals surface area contributed by atoms with Gasteiger partial charge in [0.25, 0.3) is 0 Å². The Morgan fingerprint density at radius 3 is 2.24 bits per heavy atom. The quantitative estimate of drug-likeness (QED) is 0.159. The summed E-state index contributed by atoms with van der Waals surface area (Å²) in [6.07, 6.45) is 14.0. The zero-order valence-electron chi connectivity index (χ0n) is 25.7. The lowest BCUT2D eigenvalue weighted by Crippen LogP contribution is -2.17. The number of nitrogens with zero attached hydrogens (tertiary/aromatic N) is 1. The molecule has 46 heavy (non-hydrogen) atoms. The molecule has 0 saturated heterocycles. The lowest BCUT2D eigenvalue weighted by atomic mass is 9.98. The van der Waals surface area contributed by atoms with E-state index in [9.17, 15) is 0 Å². The largest absolute Gasteiger partial charge is 0.309 e. The van der Waals surface area contributed by atoms with Crippen LogP contribution in [0.2, 0.25) is 0 Å². The highest BCUT2D eigenvalue weighted by molar-refractivity contribution is 7.26. The van der Waals surface area contributed by atoms with Crippen LogP contribution in [0.5, 0.6) is 0 Å². The van der Waals surface area contributed by atoms with Gasteiger partial charge in [0, 0.05) is 36.9 Å². The van der Waals surface area contributed by atoms with E-state index in [2.05, 4.69) is 157 Å². The Bertz CT molecular complexity index is 2310. The summed E-state index contributed by atoms with van der Waals surface area (Å²) in [6.45, 7) is 6.12. The van der Waals surface area contributed by atoms with E-state index in [1.165, 1.54) is 69.5 Å². The maximum atomic E-state index is 3.85. The van der Waals surface area contributed by atoms with Crippen molar-refractivity contribution in [3.05, 3.63) is 163 Å². The first-order valence-electron chi connectivity index (χ1n) is 15.8. The summed E-state index contributed by atoms with van der Waals surface area (Å²) in [5.41, 5.74) is 9.79. The molecule has 1 aliphatic rings. The molecule has 0 aliphatic heterocycles. The molecule has 0 bridgehead atoms. The number of rotatable bonds is 7. The lowest BCUT2D eigenvalue weighted by molar-refractivity contribution is 0.728. The third-order valence-electron chi connectivity index (χ3n) is 8.87. The molecule has 1 nitrogen and oxygen atoms in total. The van der Waals surface area contributed by atoms with Gasteiger partial charge < -0.3 is 4.90 Å². The van der Waals surface area contributed by atoms with Crippen LogP contribution in [-0.2, 0) is 0 Å². The minimum Gasteiger partial charge on any atom is -0.309 e. The molecule has 7 aromatic rings. The van der Waals surface area contributed by atoms with Crippen molar-refractivity contribution in [1.82, 2.24) is 0 Å². The summed E-state index contributed by atoms with van der Waals surface area (Å²) in [6, 6.07) is 40.1. The van der Waals surface area contributed by atoms with Crippen LogP contribution in [-0.4, -0.2) is 0 Å². The van der Waals surface area contributed by atoms with Crippen LogP contribution >= 0.6 is 22.7 Å². The summed E-state index contributed by atoms with van der Waals surface area (Å²) in [5.74, 6) is 0.551. The molecule has 3 heteroatoms. The van der Waals surface area contributed by atoms with Crippen molar-refractivity contribution < 1.29 is 0 Å². The first kappa shape index (κ1) is 28.5. The minimum absolute atomic E-state index is 0.551. The third kappa shape index (κ3) is 5.12. The number of hydrogen-bond acceptors (Lipinski definition) is 3. The number of thiophene rings is 2. The van der Waals surface area contributed by atoms with Crippen molar-refractivity contribution in [3.8, 4) is 22.3 Å². The van der Waals surface area contributed by atoms with Crippen LogP contribution in [0, 0.1) is 5.92 Å². The second-order valence-corrected chi connectivity index (χ2v) is 13.8. The molecule has 1 aliphatic carbocycles. The Balaban J connectivity index is 1.14. The molecule has 0 fully saturated rings. The average Bonchev–Trinajstić information content (AvgIpc) is 3.71. The normalized spacial score (nSPS) is 14.8. The van der Waals surface area contributed by atoms with Gasteiger partial charge in [-0.3, -0.25) is 0 Å². The number of anilines is 2. The van der Waals surface area contributed by atoms with Crippen molar-refractivity contribution in [3.63, 3.8) is 0 Å². The highest BCUT2D eigenvalue weighted by Gasteiger charge is 2.20. The van der Waals surface area contributed by atoms with Crippen LogP contribution in [0.4, 0.5) is 11.4 Å². The van der Waals surface area contributed by atoms with Crippen molar-refractivity contribution in [2.75, 3.05) is 4.90 Å². The maximum Gasteiger partial charge on any atom is 0.0640 e. The van der Waals surface area contributed by atoms with Gasteiger partial charge in [-0.15, -0.1) is 22.7 Å². The van der Waals surface area contributed by atoms with Crippen LogP contribution in [0.3, 0.4) is 0 Å². The van der Waals surface area contributed by atoms with E-state index in [1.807, 2.05) is 23.5 Å². The molecule has 2 aromatic heterocycles. The monoisotopic (exact) mass is 627 g/mol. The molecule has 0 saturated carbocycles. The predicted octanol–water partition coefficient (Wildman–Crippen LogP) is 13.4. The zero-order valence-corrected chi connectivity index (χ0v) is 27.3. The fourth-order valence-electron chi connectivity index (χ4n) is 6.47. The highest BCUT2D eigenvalue weighted by Crippen LogP contribution is 2.43. The lowest BCUT2D eigenvalue weighted by Gasteiger charge is -2.29. The van der Waals surface area contributed by atoms with E-state index in [1.54, 1.807) is 11.3 Å². The SMILES string of the molecule is C=C/C=C\c1csc2c(N(C3=CCC(C)C=C3)c3ccc(-c4ccc(-c5cccc6c5sc5ccccc56)cc4)cc3)cccc12. The zero-order chi connectivity index (χ0) is 31.0. The van der Waals surface area contributed by atoms with Gasteiger partial charge in [-0.1, -0.05) is 129 Å². The Labute approximate surface area is 278 Å². The summed E-state index contributed by atoms with van der Waals surface area (Å²) in [7, 11) is 0. The molecule has 8 rings (SSSR count). The smallest absolute Gasteiger partial charge is 0.0640 e. The molecule has 0 amide bonds. The summed E-state index contributed by atoms with van der Waals surface area (Å²) in [4.78, 5) is 2.42. The predicted molar refractivity (Wildman–Crippen MR) is 204 cm³/mol. The van der Waals surface area contributed by atoms with Gasteiger partial charge in [0.1, 0.15) is 0 Å².